The third kappa shape index (κ3) is 10.9. The monoisotopic (exact) mass is 194 g/mol. The Morgan fingerprint density at radius 3 is 1.71 bits per heavy atom. The maximum absolute atomic E-state index is 9.53. The molecule has 7 heavy (non-hydrogen) atoms. The van der Waals surface area contributed by atoms with E-state index < -0.39 is 9.05 Å². The van der Waals surface area contributed by atoms with Gasteiger partial charge in [0.25, 0.3) is 0 Å². The van der Waals surface area contributed by atoms with Gasteiger partial charge in [-0.3, -0.25) is 14.2 Å². The predicted octanol–water partition coefficient (Wildman–Crippen LogP) is -1.18. The maximum atomic E-state index is 9.53. The topological polar surface area (TPSA) is 83.6 Å². The molecule has 0 aliphatic heterocycles. The Morgan fingerprint density at radius 1 is 1.57 bits per heavy atom. The molecule has 51 valence electrons. The van der Waals surface area contributed by atoms with Crippen LogP contribution in [-0.2, 0) is 36.6 Å². The Labute approximate surface area is 55.4 Å². The van der Waals surface area contributed by atoms with Crippen molar-refractivity contribution in [3.05, 3.63) is 0 Å². The molecular weight excluding hydrogens is 190 g/mol. The number of rotatable bonds is 0. The van der Waals surface area contributed by atoms with Crippen molar-refractivity contribution in [1.82, 2.24) is 0 Å². The van der Waals surface area contributed by atoms with Crippen LogP contribution in [0, 0.1) is 0 Å². The van der Waals surface area contributed by atoms with Crippen molar-refractivity contribution in [2.24, 2.45) is 5.14 Å². The minimum absolute atomic E-state index is 0. The van der Waals surface area contributed by atoms with Crippen molar-refractivity contribution in [1.29, 1.82) is 0 Å². The van der Waals surface area contributed by atoms with E-state index in [1.54, 1.807) is 0 Å². The average molecular weight is 195 g/mol. The zero-order chi connectivity index (χ0) is 5.21. The van der Waals surface area contributed by atoms with E-state index in [9.17, 15) is 4.21 Å². The van der Waals surface area contributed by atoms with Crippen LogP contribution in [0.2, 0.25) is 0 Å². The van der Waals surface area contributed by atoms with Gasteiger partial charge in [0.05, 0.1) is 0 Å². The first-order valence-corrected chi connectivity index (χ1v) is 4.01. The average Bonchev–Trinajstić information content (AvgIpc) is 1.35. The summed E-state index contributed by atoms with van der Waals surface area (Å²) in [4.78, 5) is 0. The molecule has 0 atom stereocenters. The summed E-state index contributed by atoms with van der Waals surface area (Å²) in [5.41, 5.74) is 0. The Kier molecular flexibility index (Phi) is 5.94. The summed E-state index contributed by atoms with van der Waals surface area (Å²) in [5, 5.41) is 4.50. The van der Waals surface area contributed by atoms with Crippen molar-refractivity contribution >= 4 is 19.6 Å². The van der Waals surface area contributed by atoms with E-state index >= 15 is 0 Å². The van der Waals surface area contributed by atoms with Gasteiger partial charge in [0.2, 0.25) is 9.05 Å². The molecule has 0 saturated heterocycles. The number of hydrogen-bond acceptors (Lipinski definition) is 1. The molecule has 0 amide bonds. The van der Waals surface area contributed by atoms with Crippen LogP contribution in [0.15, 0.2) is 0 Å². The summed E-state index contributed by atoms with van der Waals surface area (Å²) >= 11 is 0. The molecule has 0 fully saturated rings. The predicted molar refractivity (Wildman–Crippen MR) is 26.3 cm³/mol. The first kappa shape index (κ1) is 10.8. The minimum Gasteiger partial charge on any atom is -0.288 e. The summed E-state index contributed by atoms with van der Waals surface area (Å²) in [6, 6.07) is 0. The van der Waals surface area contributed by atoms with Crippen molar-refractivity contribution in [3.8, 4) is 0 Å². The second kappa shape index (κ2) is 3.85. The Balaban J connectivity index is 0. The van der Waals surface area contributed by atoms with E-state index in [1.165, 1.54) is 0 Å². The van der Waals surface area contributed by atoms with Crippen LogP contribution in [0.5, 0.6) is 0 Å². The molecular formula is H5CuNO3S2. The van der Waals surface area contributed by atoms with Gasteiger partial charge in [0.15, 0.2) is 0 Å². The molecule has 0 bridgehead atoms. The summed E-state index contributed by atoms with van der Waals surface area (Å²) in [6.07, 6.45) is 0. The largest absolute Gasteiger partial charge is 0.288 e. The summed E-state index contributed by atoms with van der Waals surface area (Å²) < 4.78 is 25.1. The molecule has 0 aromatic carbocycles. The number of nitrogens with two attached hydrogens (primary N) is 1. The summed E-state index contributed by atoms with van der Waals surface area (Å²) in [6.45, 7) is 0. The van der Waals surface area contributed by atoms with Crippen LogP contribution >= 0.6 is 0 Å². The second-order valence-electron chi connectivity index (χ2n) is 0.574. The van der Waals surface area contributed by atoms with E-state index in [-0.39, 0.29) is 27.6 Å². The zero-order valence-electron chi connectivity index (χ0n) is 3.04. The third-order valence-corrected chi connectivity index (χ3v) is 1.24. The molecule has 7 heteroatoms. The first-order valence-electron chi connectivity index (χ1n) is 0.973. The Hall–Kier alpha value is 0.899. The Morgan fingerprint density at radius 2 is 1.71 bits per heavy atom. The summed E-state index contributed by atoms with van der Waals surface area (Å²) in [5.74, 6) is 0. The van der Waals surface area contributed by atoms with Gasteiger partial charge in [-0.2, -0.15) is 0 Å². The normalized spacial score (nSPS) is 10.1. The molecule has 4 N–H and O–H groups in total. The molecule has 0 heterocycles. The van der Waals surface area contributed by atoms with Gasteiger partial charge in [-0.15, -0.1) is 0 Å². The van der Waals surface area contributed by atoms with Crippen LogP contribution < -0.4 is 5.14 Å². The van der Waals surface area contributed by atoms with Gasteiger partial charge in [-0.05, 0) is 10.5 Å². The van der Waals surface area contributed by atoms with E-state index in [2.05, 4.69) is 5.14 Å². The van der Waals surface area contributed by atoms with Crippen LogP contribution in [-0.4, -0.2) is 13.3 Å². The number of hydrogen-bond donors (Lipinski definition) is 4. The fourth-order valence-electron chi connectivity index (χ4n) is 0. The van der Waals surface area contributed by atoms with Gasteiger partial charge in [-0.25, -0.2) is 4.21 Å². The molecule has 4 nitrogen and oxygen atoms in total. The molecule has 0 aromatic heterocycles. The van der Waals surface area contributed by atoms with Gasteiger partial charge in [0, 0.05) is 17.1 Å². The third-order valence-electron chi connectivity index (χ3n) is 0.137. The van der Waals surface area contributed by atoms with Gasteiger partial charge < -0.3 is 0 Å². The van der Waals surface area contributed by atoms with Crippen LogP contribution in [0.25, 0.3) is 0 Å². The molecule has 0 unspecified atom stereocenters. The first-order chi connectivity index (χ1) is 2.56. The quantitative estimate of drug-likeness (QED) is 0.289. The molecule has 0 aliphatic carbocycles. The standard InChI is InChI=1S/Cu.H5NO3S2/c;1-5-6(2,3)4/h;5H,1H2,(H2,2,3,4). The van der Waals surface area contributed by atoms with Gasteiger partial charge in [-0.1, -0.05) is 0 Å². The van der Waals surface area contributed by atoms with Crippen LogP contribution in [0.1, 0.15) is 0 Å². The zero-order valence-corrected chi connectivity index (χ0v) is 5.69. The maximum Gasteiger partial charge on any atom is 0.233 e. The van der Waals surface area contributed by atoms with E-state index in [0.29, 0.717) is 0 Å². The smallest absolute Gasteiger partial charge is 0.233 e. The van der Waals surface area contributed by atoms with E-state index in [1.807, 2.05) is 0 Å². The summed E-state index contributed by atoms with van der Waals surface area (Å²) in [7, 11) is -4.05. The van der Waals surface area contributed by atoms with Crippen molar-refractivity contribution in [2.45, 2.75) is 0 Å². The van der Waals surface area contributed by atoms with Gasteiger partial charge in [0.1, 0.15) is 0 Å². The fraction of sp³-hybridized carbons (Fsp3) is 0. The molecule has 0 aliphatic rings. The SMILES string of the molecule is N[SH]=S(=O)(O)O.[Cu]. The van der Waals surface area contributed by atoms with Crippen LogP contribution in [0.3, 0.4) is 0 Å². The second-order valence-corrected chi connectivity index (χ2v) is 3.78. The molecule has 1 radical (unpaired) electrons. The van der Waals surface area contributed by atoms with Gasteiger partial charge >= 0.3 is 0 Å². The molecule has 0 aromatic rings. The van der Waals surface area contributed by atoms with E-state index in [4.69, 9.17) is 9.11 Å². The van der Waals surface area contributed by atoms with Crippen LogP contribution in [0.4, 0.5) is 0 Å². The fourth-order valence-corrected chi connectivity index (χ4v) is 0. The molecule has 0 spiro atoms. The molecule has 0 saturated carbocycles. The minimum atomic E-state index is -3.66. The van der Waals surface area contributed by atoms with Crippen molar-refractivity contribution in [3.63, 3.8) is 0 Å². The van der Waals surface area contributed by atoms with Crippen molar-refractivity contribution < 1.29 is 30.4 Å². The molecule has 0 rings (SSSR count). The Bertz CT molecular complexity index is 126. The van der Waals surface area contributed by atoms with Crippen molar-refractivity contribution in [2.75, 3.05) is 0 Å². The number of thiol groups is 1. The van der Waals surface area contributed by atoms with E-state index in [0.717, 1.165) is 0 Å².